The number of rotatable bonds is 4. The summed E-state index contributed by atoms with van der Waals surface area (Å²) in [6, 6.07) is 15.2. The Kier molecular flexibility index (Phi) is 3.55. The molecular formula is C16H15N3O2. The molecule has 5 heteroatoms. The van der Waals surface area contributed by atoms with E-state index < -0.39 is 0 Å². The number of amides is 1. The van der Waals surface area contributed by atoms with Crippen molar-refractivity contribution in [2.45, 2.75) is 6.42 Å². The maximum Gasteiger partial charge on any atom is 0.323 e. The minimum atomic E-state index is -0.311. The lowest BCUT2D eigenvalue weighted by atomic mass is 10.1. The largest absolute Gasteiger partial charge is 0.352 e. The average molecular weight is 281 g/mol. The second kappa shape index (κ2) is 5.66. The molecule has 0 saturated carbocycles. The lowest BCUT2D eigenvalue weighted by Gasteiger charge is -2.06. The van der Waals surface area contributed by atoms with Gasteiger partial charge in [-0.05, 0) is 24.1 Å². The van der Waals surface area contributed by atoms with Crippen molar-refractivity contribution in [2.75, 3.05) is 6.54 Å². The molecule has 3 rings (SSSR count). The number of aromatic amines is 2. The van der Waals surface area contributed by atoms with E-state index in [4.69, 9.17) is 0 Å². The molecule has 0 aliphatic carbocycles. The van der Waals surface area contributed by atoms with Gasteiger partial charge in [0.15, 0.2) is 0 Å². The van der Waals surface area contributed by atoms with E-state index >= 15 is 0 Å². The number of nitrogens with one attached hydrogen (secondary N) is 3. The lowest BCUT2D eigenvalue weighted by molar-refractivity contribution is 0.0955. The van der Waals surface area contributed by atoms with E-state index in [0.29, 0.717) is 23.1 Å². The van der Waals surface area contributed by atoms with Crippen molar-refractivity contribution in [2.24, 2.45) is 0 Å². The number of hydrogen-bond donors (Lipinski definition) is 3. The molecule has 0 fully saturated rings. The SMILES string of the molecule is O=C(NCCc1ccccc1)c1cccc2[nH]c(=O)[nH]c12. The summed E-state index contributed by atoms with van der Waals surface area (Å²) in [5.41, 5.74) is 2.51. The van der Waals surface area contributed by atoms with Crippen molar-refractivity contribution in [3.8, 4) is 0 Å². The van der Waals surface area contributed by atoms with Crippen molar-refractivity contribution >= 4 is 16.9 Å². The summed E-state index contributed by atoms with van der Waals surface area (Å²) >= 11 is 0. The third-order valence-electron chi connectivity index (χ3n) is 3.34. The van der Waals surface area contributed by atoms with E-state index in [2.05, 4.69) is 15.3 Å². The van der Waals surface area contributed by atoms with Gasteiger partial charge in [0.25, 0.3) is 5.91 Å². The van der Waals surface area contributed by atoms with Crippen molar-refractivity contribution in [3.05, 3.63) is 70.1 Å². The zero-order valence-electron chi connectivity index (χ0n) is 11.3. The van der Waals surface area contributed by atoms with Crippen molar-refractivity contribution in [1.29, 1.82) is 0 Å². The average Bonchev–Trinajstić information content (AvgIpc) is 2.88. The molecule has 21 heavy (non-hydrogen) atoms. The first-order valence-corrected chi connectivity index (χ1v) is 6.77. The second-order valence-electron chi connectivity index (χ2n) is 4.80. The molecular weight excluding hydrogens is 266 g/mol. The van der Waals surface area contributed by atoms with Crippen LogP contribution in [0.15, 0.2) is 53.3 Å². The number of carbonyl (C=O) groups is 1. The van der Waals surface area contributed by atoms with Crippen LogP contribution in [0.2, 0.25) is 0 Å². The quantitative estimate of drug-likeness (QED) is 0.682. The maximum absolute atomic E-state index is 12.2. The molecule has 5 nitrogen and oxygen atoms in total. The Morgan fingerprint density at radius 2 is 1.81 bits per heavy atom. The van der Waals surface area contributed by atoms with Gasteiger partial charge in [0, 0.05) is 6.54 Å². The molecule has 1 heterocycles. The first-order chi connectivity index (χ1) is 10.2. The molecule has 0 aliphatic heterocycles. The van der Waals surface area contributed by atoms with Gasteiger partial charge in [-0.25, -0.2) is 4.79 Å². The number of aromatic nitrogens is 2. The number of fused-ring (bicyclic) bond motifs is 1. The Labute approximate surface area is 121 Å². The first-order valence-electron chi connectivity index (χ1n) is 6.77. The Bertz CT molecular complexity index is 818. The highest BCUT2D eigenvalue weighted by molar-refractivity contribution is 6.04. The molecule has 0 saturated heterocycles. The summed E-state index contributed by atoms with van der Waals surface area (Å²) in [6.07, 6.45) is 0.770. The molecule has 0 bridgehead atoms. The van der Waals surface area contributed by atoms with E-state index in [1.165, 1.54) is 5.56 Å². The summed E-state index contributed by atoms with van der Waals surface area (Å²) in [6.45, 7) is 0.549. The summed E-state index contributed by atoms with van der Waals surface area (Å²) in [5.74, 6) is -0.188. The van der Waals surface area contributed by atoms with Crippen LogP contribution in [-0.2, 0) is 6.42 Å². The van der Waals surface area contributed by atoms with Crippen LogP contribution in [0.4, 0.5) is 0 Å². The fourth-order valence-corrected chi connectivity index (χ4v) is 2.31. The van der Waals surface area contributed by atoms with E-state index in [9.17, 15) is 9.59 Å². The smallest absolute Gasteiger partial charge is 0.323 e. The number of hydrogen-bond acceptors (Lipinski definition) is 2. The monoisotopic (exact) mass is 281 g/mol. The predicted molar refractivity (Wildman–Crippen MR) is 81.4 cm³/mol. The van der Waals surface area contributed by atoms with Crippen LogP contribution in [0.3, 0.4) is 0 Å². The van der Waals surface area contributed by atoms with Crippen LogP contribution in [-0.4, -0.2) is 22.4 Å². The van der Waals surface area contributed by atoms with Gasteiger partial charge < -0.3 is 15.3 Å². The topological polar surface area (TPSA) is 77.8 Å². The van der Waals surface area contributed by atoms with Crippen LogP contribution in [0.25, 0.3) is 11.0 Å². The fourth-order valence-electron chi connectivity index (χ4n) is 2.31. The Hall–Kier alpha value is -2.82. The van der Waals surface area contributed by atoms with Crippen LogP contribution in [0.5, 0.6) is 0 Å². The van der Waals surface area contributed by atoms with Gasteiger partial charge in [-0.2, -0.15) is 0 Å². The summed E-state index contributed by atoms with van der Waals surface area (Å²) < 4.78 is 0. The molecule has 0 unspecified atom stereocenters. The van der Waals surface area contributed by atoms with E-state index in [1.807, 2.05) is 30.3 Å². The Morgan fingerprint density at radius 1 is 1.00 bits per heavy atom. The van der Waals surface area contributed by atoms with Crippen LogP contribution in [0, 0.1) is 0 Å². The number of H-pyrrole nitrogens is 2. The maximum atomic E-state index is 12.2. The minimum Gasteiger partial charge on any atom is -0.352 e. The summed E-state index contributed by atoms with van der Waals surface area (Å²) in [5, 5.41) is 2.87. The highest BCUT2D eigenvalue weighted by Crippen LogP contribution is 2.12. The van der Waals surface area contributed by atoms with E-state index in [-0.39, 0.29) is 11.6 Å². The first kappa shape index (κ1) is 13.2. The number of carbonyl (C=O) groups excluding carboxylic acids is 1. The van der Waals surface area contributed by atoms with Gasteiger partial charge in [-0.1, -0.05) is 36.4 Å². The lowest BCUT2D eigenvalue weighted by Crippen LogP contribution is -2.26. The van der Waals surface area contributed by atoms with Crippen LogP contribution in [0.1, 0.15) is 15.9 Å². The summed E-state index contributed by atoms with van der Waals surface area (Å²) in [7, 11) is 0. The van der Waals surface area contributed by atoms with Gasteiger partial charge in [0.1, 0.15) is 0 Å². The van der Waals surface area contributed by atoms with Crippen LogP contribution < -0.4 is 11.0 Å². The fraction of sp³-hybridized carbons (Fsp3) is 0.125. The highest BCUT2D eigenvalue weighted by atomic mass is 16.2. The molecule has 3 N–H and O–H groups in total. The zero-order chi connectivity index (χ0) is 14.7. The molecule has 3 aromatic rings. The van der Waals surface area contributed by atoms with E-state index in [1.54, 1.807) is 18.2 Å². The molecule has 106 valence electrons. The molecule has 1 aromatic heterocycles. The molecule has 0 atom stereocenters. The van der Waals surface area contributed by atoms with Crippen LogP contribution >= 0.6 is 0 Å². The Balaban J connectivity index is 1.71. The van der Waals surface area contributed by atoms with Crippen molar-refractivity contribution in [1.82, 2.24) is 15.3 Å². The van der Waals surface area contributed by atoms with Gasteiger partial charge in [-0.15, -0.1) is 0 Å². The number of imidazole rings is 1. The van der Waals surface area contributed by atoms with Gasteiger partial charge in [0.2, 0.25) is 0 Å². The third-order valence-corrected chi connectivity index (χ3v) is 3.34. The van der Waals surface area contributed by atoms with Gasteiger partial charge >= 0.3 is 5.69 Å². The predicted octanol–water partition coefficient (Wildman–Crippen LogP) is 1.83. The second-order valence-corrected chi connectivity index (χ2v) is 4.80. The van der Waals surface area contributed by atoms with Crippen molar-refractivity contribution < 1.29 is 4.79 Å². The standard InChI is InChI=1S/C16H15N3O2/c20-15(17-10-9-11-5-2-1-3-6-11)12-7-4-8-13-14(12)19-16(21)18-13/h1-8H,9-10H2,(H,17,20)(H2,18,19,21). The number of para-hydroxylation sites is 1. The molecule has 0 spiro atoms. The molecule has 2 aromatic carbocycles. The Morgan fingerprint density at radius 3 is 2.62 bits per heavy atom. The third kappa shape index (κ3) is 2.86. The molecule has 0 radical (unpaired) electrons. The highest BCUT2D eigenvalue weighted by Gasteiger charge is 2.11. The van der Waals surface area contributed by atoms with Gasteiger partial charge in [-0.3, -0.25) is 4.79 Å². The van der Waals surface area contributed by atoms with Gasteiger partial charge in [0.05, 0.1) is 16.6 Å². The molecule has 0 aliphatic rings. The summed E-state index contributed by atoms with van der Waals surface area (Å²) in [4.78, 5) is 28.8. The normalized spacial score (nSPS) is 10.7. The molecule has 1 amide bonds. The zero-order valence-corrected chi connectivity index (χ0v) is 11.3. The number of benzene rings is 2. The minimum absolute atomic E-state index is 0.188. The van der Waals surface area contributed by atoms with Crippen molar-refractivity contribution in [3.63, 3.8) is 0 Å². The van der Waals surface area contributed by atoms with E-state index in [0.717, 1.165) is 6.42 Å².